The first-order valence-electron chi connectivity index (χ1n) is 5.91. The molecule has 5 heteroatoms. The van der Waals surface area contributed by atoms with Gasteiger partial charge < -0.3 is 4.57 Å². The summed E-state index contributed by atoms with van der Waals surface area (Å²) >= 11 is 5.89. The van der Waals surface area contributed by atoms with E-state index in [0.717, 1.165) is 5.56 Å². The van der Waals surface area contributed by atoms with Gasteiger partial charge in [-0.25, -0.2) is 4.39 Å². The fraction of sp³-hybridized carbons (Fsp3) is 0.0667. The molecule has 3 rings (SSSR count). The molecule has 0 aliphatic rings. The van der Waals surface area contributed by atoms with E-state index in [4.69, 9.17) is 11.6 Å². The van der Waals surface area contributed by atoms with Crippen molar-refractivity contribution in [3.63, 3.8) is 0 Å². The fourth-order valence-electron chi connectivity index (χ4n) is 2.46. The minimum Gasteiger partial charge on any atom is -0.340 e. The van der Waals surface area contributed by atoms with Crippen molar-refractivity contribution >= 4 is 22.5 Å². The molecule has 1 aromatic carbocycles. The van der Waals surface area contributed by atoms with Crippen molar-refractivity contribution in [3.05, 3.63) is 53.1 Å². The summed E-state index contributed by atoms with van der Waals surface area (Å²) in [6, 6.07) is 8.61. The molecular weight excluding hydrogens is 277 g/mol. The van der Waals surface area contributed by atoms with Gasteiger partial charge in [-0.05, 0) is 24.3 Å². The average Bonchev–Trinajstić information content (AvgIpc) is 2.72. The molecule has 20 heavy (non-hydrogen) atoms. The highest BCUT2D eigenvalue weighted by atomic mass is 35.5. The maximum absolute atomic E-state index is 14.1. The van der Waals surface area contributed by atoms with E-state index in [1.165, 1.54) is 6.07 Å². The van der Waals surface area contributed by atoms with Gasteiger partial charge in [-0.2, -0.15) is 5.26 Å². The standard InChI is InChI=1S/C15H9ClFN3/c1-20-14(9-3-2-4-19-8-9)12(7-18)11-5-10(16)6-13(17)15(11)20/h2-6,8H,1H3. The molecule has 0 atom stereocenters. The average molecular weight is 286 g/mol. The number of hydrogen-bond acceptors (Lipinski definition) is 2. The predicted molar refractivity (Wildman–Crippen MR) is 75.8 cm³/mol. The van der Waals surface area contributed by atoms with Gasteiger partial charge in [-0.3, -0.25) is 4.98 Å². The predicted octanol–water partition coefficient (Wildman–Crippen LogP) is 3.90. The van der Waals surface area contributed by atoms with Crippen LogP contribution in [0, 0.1) is 17.1 Å². The Morgan fingerprint density at radius 2 is 2.20 bits per heavy atom. The number of fused-ring (bicyclic) bond motifs is 1. The molecule has 0 aliphatic carbocycles. The van der Waals surface area contributed by atoms with Crippen LogP contribution < -0.4 is 0 Å². The van der Waals surface area contributed by atoms with E-state index in [1.807, 2.05) is 6.07 Å². The zero-order valence-corrected chi connectivity index (χ0v) is 11.3. The van der Waals surface area contributed by atoms with Crippen LogP contribution in [0.5, 0.6) is 0 Å². The molecular formula is C15H9ClFN3. The van der Waals surface area contributed by atoms with E-state index >= 15 is 0 Å². The smallest absolute Gasteiger partial charge is 0.148 e. The fourth-order valence-corrected chi connectivity index (χ4v) is 2.66. The number of aryl methyl sites for hydroxylation is 1. The molecule has 0 spiro atoms. The molecule has 2 aromatic heterocycles. The Hall–Kier alpha value is -2.38. The van der Waals surface area contributed by atoms with E-state index in [9.17, 15) is 9.65 Å². The van der Waals surface area contributed by atoms with Crippen molar-refractivity contribution in [3.8, 4) is 17.3 Å². The molecule has 0 fully saturated rings. The third-order valence-corrected chi connectivity index (χ3v) is 3.47. The van der Waals surface area contributed by atoms with Crippen molar-refractivity contribution in [2.75, 3.05) is 0 Å². The van der Waals surface area contributed by atoms with E-state index < -0.39 is 5.82 Å². The zero-order valence-electron chi connectivity index (χ0n) is 10.6. The molecule has 3 aromatic rings. The first-order valence-corrected chi connectivity index (χ1v) is 6.29. The molecule has 0 unspecified atom stereocenters. The van der Waals surface area contributed by atoms with Gasteiger partial charge >= 0.3 is 0 Å². The number of benzene rings is 1. The summed E-state index contributed by atoms with van der Waals surface area (Å²) in [4.78, 5) is 4.05. The molecule has 0 amide bonds. The van der Waals surface area contributed by atoms with Crippen LogP contribution in [-0.2, 0) is 7.05 Å². The van der Waals surface area contributed by atoms with E-state index in [-0.39, 0.29) is 5.02 Å². The van der Waals surface area contributed by atoms with Gasteiger partial charge in [0.1, 0.15) is 11.9 Å². The van der Waals surface area contributed by atoms with Crippen LogP contribution in [0.4, 0.5) is 4.39 Å². The van der Waals surface area contributed by atoms with E-state index in [2.05, 4.69) is 11.1 Å². The topological polar surface area (TPSA) is 41.6 Å². The van der Waals surface area contributed by atoms with Gasteiger partial charge in [0.25, 0.3) is 0 Å². The van der Waals surface area contributed by atoms with Gasteiger partial charge in [0.2, 0.25) is 0 Å². The summed E-state index contributed by atoms with van der Waals surface area (Å²) in [5.41, 5.74) is 2.16. The molecule has 0 aliphatic heterocycles. The molecule has 2 heterocycles. The summed E-state index contributed by atoms with van der Waals surface area (Å²) in [5.74, 6) is -0.443. The van der Waals surface area contributed by atoms with Crippen molar-refractivity contribution in [1.82, 2.24) is 9.55 Å². The monoisotopic (exact) mass is 285 g/mol. The lowest BCUT2D eigenvalue weighted by Gasteiger charge is -2.04. The number of nitriles is 1. The number of rotatable bonds is 1. The van der Waals surface area contributed by atoms with Gasteiger partial charge in [0.15, 0.2) is 0 Å². The van der Waals surface area contributed by atoms with Crippen molar-refractivity contribution < 1.29 is 4.39 Å². The lowest BCUT2D eigenvalue weighted by atomic mass is 10.1. The summed E-state index contributed by atoms with van der Waals surface area (Å²) < 4.78 is 15.8. The number of halogens is 2. The van der Waals surface area contributed by atoms with Crippen LogP contribution in [0.3, 0.4) is 0 Å². The Morgan fingerprint density at radius 3 is 2.85 bits per heavy atom. The van der Waals surface area contributed by atoms with Crippen LogP contribution in [0.1, 0.15) is 5.56 Å². The van der Waals surface area contributed by atoms with Gasteiger partial charge in [0, 0.05) is 35.4 Å². The summed E-state index contributed by atoms with van der Waals surface area (Å²) in [5, 5.41) is 10.2. The van der Waals surface area contributed by atoms with Gasteiger partial charge in [-0.15, -0.1) is 0 Å². The summed E-state index contributed by atoms with van der Waals surface area (Å²) in [6.07, 6.45) is 3.30. The maximum Gasteiger partial charge on any atom is 0.148 e. The molecule has 0 saturated carbocycles. The molecule has 0 saturated heterocycles. The van der Waals surface area contributed by atoms with Gasteiger partial charge in [-0.1, -0.05) is 11.6 Å². The Labute approximate surface area is 119 Å². The maximum atomic E-state index is 14.1. The second-order valence-electron chi connectivity index (χ2n) is 4.42. The third kappa shape index (κ3) is 1.75. The zero-order chi connectivity index (χ0) is 14.3. The molecule has 0 N–H and O–H groups in total. The lowest BCUT2D eigenvalue weighted by Crippen LogP contribution is -1.94. The highest BCUT2D eigenvalue weighted by Gasteiger charge is 2.19. The Kier molecular flexibility index (Phi) is 2.92. The molecule has 3 nitrogen and oxygen atoms in total. The Bertz CT molecular complexity index is 847. The first-order chi connectivity index (χ1) is 9.63. The molecule has 0 bridgehead atoms. The number of pyridine rings is 1. The highest BCUT2D eigenvalue weighted by molar-refractivity contribution is 6.31. The normalized spacial score (nSPS) is 10.7. The third-order valence-electron chi connectivity index (χ3n) is 3.25. The van der Waals surface area contributed by atoms with Gasteiger partial charge in [0.05, 0.1) is 16.8 Å². The van der Waals surface area contributed by atoms with Crippen molar-refractivity contribution in [2.24, 2.45) is 7.05 Å². The van der Waals surface area contributed by atoms with Crippen molar-refractivity contribution in [1.29, 1.82) is 5.26 Å². The van der Waals surface area contributed by atoms with Crippen LogP contribution >= 0.6 is 11.6 Å². The second kappa shape index (κ2) is 4.62. The summed E-state index contributed by atoms with van der Waals surface area (Å²) in [6.45, 7) is 0. The summed E-state index contributed by atoms with van der Waals surface area (Å²) in [7, 11) is 1.72. The highest BCUT2D eigenvalue weighted by Crippen LogP contribution is 2.35. The number of nitrogens with zero attached hydrogens (tertiary/aromatic N) is 3. The minimum atomic E-state index is -0.443. The number of aromatic nitrogens is 2. The SMILES string of the molecule is Cn1c(-c2cccnc2)c(C#N)c2cc(Cl)cc(F)c21. The second-order valence-corrected chi connectivity index (χ2v) is 4.86. The van der Waals surface area contributed by atoms with Crippen LogP contribution in [0.2, 0.25) is 5.02 Å². The minimum absolute atomic E-state index is 0.273. The van der Waals surface area contributed by atoms with Crippen molar-refractivity contribution in [2.45, 2.75) is 0 Å². The first kappa shape index (κ1) is 12.6. The Balaban J connectivity index is 2.48. The largest absolute Gasteiger partial charge is 0.340 e. The van der Waals surface area contributed by atoms with Crippen LogP contribution in [0.15, 0.2) is 36.7 Å². The molecule has 98 valence electrons. The Morgan fingerprint density at radius 1 is 1.40 bits per heavy atom. The molecule has 0 radical (unpaired) electrons. The van der Waals surface area contributed by atoms with E-state index in [0.29, 0.717) is 22.2 Å². The lowest BCUT2D eigenvalue weighted by molar-refractivity contribution is 0.632. The van der Waals surface area contributed by atoms with E-state index in [1.54, 1.807) is 36.1 Å². The van der Waals surface area contributed by atoms with Crippen LogP contribution in [-0.4, -0.2) is 9.55 Å². The van der Waals surface area contributed by atoms with Crippen LogP contribution in [0.25, 0.3) is 22.2 Å². The number of hydrogen-bond donors (Lipinski definition) is 0. The quantitative estimate of drug-likeness (QED) is 0.680.